The first kappa shape index (κ1) is 14.5. The van der Waals surface area contributed by atoms with Gasteiger partial charge in [-0.3, -0.25) is 9.82 Å². The fourth-order valence-corrected chi connectivity index (χ4v) is 3.15. The minimum Gasteiger partial charge on any atom is -0.305 e. The molecule has 7 heteroatoms. The van der Waals surface area contributed by atoms with Gasteiger partial charge in [-0.2, -0.15) is 5.10 Å². The van der Waals surface area contributed by atoms with Crippen LogP contribution in [0.25, 0.3) is 0 Å². The molecule has 2 rings (SSSR count). The van der Waals surface area contributed by atoms with Crippen LogP contribution >= 0.6 is 0 Å². The predicted molar refractivity (Wildman–Crippen MR) is 78.0 cm³/mol. The molecule has 0 amide bonds. The summed E-state index contributed by atoms with van der Waals surface area (Å²) in [4.78, 5) is 2.15. The lowest BCUT2D eigenvalue weighted by molar-refractivity contribution is 0.403. The average molecular weight is 294 g/mol. The van der Waals surface area contributed by atoms with Gasteiger partial charge in [0, 0.05) is 6.54 Å². The molecule has 0 spiro atoms. The van der Waals surface area contributed by atoms with Crippen molar-refractivity contribution in [3.05, 3.63) is 41.7 Å². The van der Waals surface area contributed by atoms with Gasteiger partial charge in [-0.15, -0.1) is 0 Å². The third-order valence-corrected chi connectivity index (χ3v) is 4.30. The molecule has 6 nitrogen and oxygen atoms in total. The number of para-hydroxylation sites is 1. The monoisotopic (exact) mass is 294 g/mol. The number of hydrogen-bond donors (Lipinski definition) is 2. The number of rotatable bonds is 5. The standard InChI is InChI=1S/C13H18N4O2S/c1-10-13(8-14-15-10)20(18,19)16-12-7-5-4-6-11(12)9-17(2)3/h4-8,16H,9H2,1-3H3,(H,14,15). The molecule has 0 bridgehead atoms. The van der Waals surface area contributed by atoms with E-state index in [-0.39, 0.29) is 4.90 Å². The molecule has 0 radical (unpaired) electrons. The number of hydrogen-bond acceptors (Lipinski definition) is 4. The molecular formula is C13H18N4O2S. The van der Waals surface area contributed by atoms with Crippen LogP contribution in [0.15, 0.2) is 35.4 Å². The zero-order valence-electron chi connectivity index (χ0n) is 11.7. The summed E-state index contributed by atoms with van der Waals surface area (Å²) in [7, 11) is 0.251. The topological polar surface area (TPSA) is 78.1 Å². The van der Waals surface area contributed by atoms with Gasteiger partial charge in [0.1, 0.15) is 4.90 Å². The van der Waals surface area contributed by atoms with E-state index in [1.165, 1.54) is 6.20 Å². The quantitative estimate of drug-likeness (QED) is 0.877. The summed E-state index contributed by atoms with van der Waals surface area (Å²) in [6.07, 6.45) is 1.31. The van der Waals surface area contributed by atoms with Gasteiger partial charge in [0.15, 0.2) is 0 Å². The van der Waals surface area contributed by atoms with Gasteiger partial charge in [-0.1, -0.05) is 18.2 Å². The maximum Gasteiger partial charge on any atom is 0.265 e. The van der Waals surface area contributed by atoms with E-state index in [0.29, 0.717) is 17.9 Å². The second-order valence-corrected chi connectivity index (χ2v) is 6.51. The van der Waals surface area contributed by atoms with E-state index in [4.69, 9.17) is 0 Å². The van der Waals surface area contributed by atoms with Crippen molar-refractivity contribution in [2.45, 2.75) is 18.4 Å². The number of anilines is 1. The number of sulfonamides is 1. The lowest BCUT2D eigenvalue weighted by atomic mass is 10.2. The highest BCUT2D eigenvalue weighted by atomic mass is 32.2. The maximum absolute atomic E-state index is 12.3. The lowest BCUT2D eigenvalue weighted by Crippen LogP contribution is -2.17. The second-order valence-electron chi connectivity index (χ2n) is 4.86. The summed E-state index contributed by atoms with van der Waals surface area (Å²) in [6.45, 7) is 2.33. The number of nitrogens with one attached hydrogen (secondary N) is 2. The fraction of sp³-hybridized carbons (Fsp3) is 0.308. The highest BCUT2D eigenvalue weighted by Crippen LogP contribution is 2.21. The molecule has 1 aromatic carbocycles. The van der Waals surface area contributed by atoms with Crippen molar-refractivity contribution in [1.29, 1.82) is 0 Å². The van der Waals surface area contributed by atoms with Crippen LogP contribution < -0.4 is 4.72 Å². The Balaban J connectivity index is 2.33. The maximum atomic E-state index is 12.3. The molecule has 0 saturated heterocycles. The van der Waals surface area contributed by atoms with Gasteiger partial charge in [0.2, 0.25) is 0 Å². The fourth-order valence-electron chi connectivity index (χ4n) is 1.91. The van der Waals surface area contributed by atoms with Crippen LogP contribution in [0.4, 0.5) is 5.69 Å². The predicted octanol–water partition coefficient (Wildman–Crippen LogP) is 1.58. The molecule has 0 aliphatic carbocycles. The molecule has 0 aliphatic rings. The van der Waals surface area contributed by atoms with E-state index < -0.39 is 10.0 Å². The van der Waals surface area contributed by atoms with Crippen LogP contribution in [0.1, 0.15) is 11.3 Å². The Bertz CT molecular complexity index is 692. The molecule has 0 fully saturated rings. The van der Waals surface area contributed by atoms with Crippen molar-refractivity contribution < 1.29 is 8.42 Å². The Morgan fingerprint density at radius 2 is 2.00 bits per heavy atom. The number of benzene rings is 1. The van der Waals surface area contributed by atoms with E-state index in [1.54, 1.807) is 19.1 Å². The highest BCUT2D eigenvalue weighted by molar-refractivity contribution is 7.92. The zero-order chi connectivity index (χ0) is 14.8. The van der Waals surface area contributed by atoms with Gasteiger partial charge in [-0.05, 0) is 32.6 Å². The summed E-state index contributed by atoms with van der Waals surface area (Å²) >= 11 is 0. The summed E-state index contributed by atoms with van der Waals surface area (Å²) in [5.74, 6) is 0. The first-order chi connectivity index (χ1) is 9.40. The van der Waals surface area contributed by atoms with E-state index in [9.17, 15) is 8.42 Å². The van der Waals surface area contributed by atoms with Crippen molar-refractivity contribution in [1.82, 2.24) is 15.1 Å². The Labute approximate surface area is 118 Å². The van der Waals surface area contributed by atoms with Crippen molar-refractivity contribution in [3.8, 4) is 0 Å². The summed E-state index contributed by atoms with van der Waals surface area (Å²) < 4.78 is 27.3. The van der Waals surface area contributed by atoms with Crippen LogP contribution in [-0.4, -0.2) is 37.6 Å². The molecule has 20 heavy (non-hydrogen) atoms. The van der Waals surface area contributed by atoms with Crippen LogP contribution in [0.2, 0.25) is 0 Å². The van der Waals surface area contributed by atoms with Crippen molar-refractivity contribution in [2.24, 2.45) is 0 Å². The number of aromatic nitrogens is 2. The number of aryl methyl sites for hydroxylation is 1. The van der Waals surface area contributed by atoms with E-state index in [1.807, 2.05) is 31.1 Å². The van der Waals surface area contributed by atoms with Gasteiger partial charge in [0.25, 0.3) is 10.0 Å². The average Bonchev–Trinajstić information content (AvgIpc) is 2.78. The summed E-state index contributed by atoms with van der Waals surface area (Å²) in [6, 6.07) is 7.35. The summed E-state index contributed by atoms with van der Waals surface area (Å²) in [5, 5.41) is 6.38. The lowest BCUT2D eigenvalue weighted by Gasteiger charge is -2.15. The Hall–Kier alpha value is -1.86. The second kappa shape index (κ2) is 5.64. The van der Waals surface area contributed by atoms with Gasteiger partial charge in [-0.25, -0.2) is 8.42 Å². The molecule has 1 heterocycles. The molecule has 0 unspecified atom stereocenters. The van der Waals surface area contributed by atoms with Crippen molar-refractivity contribution in [2.75, 3.05) is 18.8 Å². The molecule has 0 saturated carbocycles. The Morgan fingerprint density at radius 3 is 2.60 bits per heavy atom. The number of H-pyrrole nitrogens is 1. The largest absolute Gasteiger partial charge is 0.305 e. The normalized spacial score (nSPS) is 11.8. The first-order valence-electron chi connectivity index (χ1n) is 6.15. The third-order valence-electron chi connectivity index (χ3n) is 2.82. The number of nitrogens with zero attached hydrogens (tertiary/aromatic N) is 2. The smallest absolute Gasteiger partial charge is 0.265 e. The van der Waals surface area contributed by atoms with E-state index >= 15 is 0 Å². The summed E-state index contributed by atoms with van der Waals surface area (Å²) in [5.41, 5.74) is 2.02. The molecule has 0 atom stereocenters. The first-order valence-corrected chi connectivity index (χ1v) is 7.64. The molecule has 108 valence electrons. The van der Waals surface area contributed by atoms with E-state index in [2.05, 4.69) is 14.9 Å². The van der Waals surface area contributed by atoms with Gasteiger partial charge in [0.05, 0.1) is 17.6 Å². The van der Waals surface area contributed by atoms with Crippen LogP contribution in [-0.2, 0) is 16.6 Å². The van der Waals surface area contributed by atoms with Crippen LogP contribution in [0, 0.1) is 6.92 Å². The van der Waals surface area contributed by atoms with Crippen molar-refractivity contribution in [3.63, 3.8) is 0 Å². The molecular weight excluding hydrogens is 276 g/mol. The zero-order valence-corrected chi connectivity index (χ0v) is 12.5. The molecule has 2 aromatic rings. The molecule has 1 aromatic heterocycles. The van der Waals surface area contributed by atoms with Gasteiger partial charge < -0.3 is 4.90 Å². The highest BCUT2D eigenvalue weighted by Gasteiger charge is 2.19. The van der Waals surface area contributed by atoms with Crippen LogP contribution in [0.3, 0.4) is 0 Å². The number of aromatic amines is 1. The molecule has 0 aliphatic heterocycles. The minimum absolute atomic E-state index is 0.164. The van der Waals surface area contributed by atoms with Gasteiger partial charge >= 0.3 is 0 Å². The SMILES string of the molecule is Cc1[nH]ncc1S(=O)(=O)Nc1ccccc1CN(C)C. The van der Waals surface area contributed by atoms with Crippen LogP contribution in [0.5, 0.6) is 0 Å². The molecule has 2 N–H and O–H groups in total. The minimum atomic E-state index is -3.62. The van der Waals surface area contributed by atoms with E-state index in [0.717, 1.165) is 5.56 Å². The Morgan fingerprint density at radius 1 is 1.30 bits per heavy atom. The van der Waals surface area contributed by atoms with Crippen molar-refractivity contribution >= 4 is 15.7 Å². The Kier molecular flexibility index (Phi) is 4.10. The third kappa shape index (κ3) is 3.17.